The van der Waals surface area contributed by atoms with Gasteiger partial charge in [-0.25, -0.2) is 0 Å². The number of anilines is 1. The molecule has 8 heteroatoms. The van der Waals surface area contributed by atoms with Gasteiger partial charge in [-0.1, -0.05) is 72.4 Å². The lowest BCUT2D eigenvalue weighted by molar-refractivity contribution is -0.115. The van der Waals surface area contributed by atoms with Crippen molar-refractivity contribution in [2.24, 2.45) is 0 Å². The van der Waals surface area contributed by atoms with Crippen molar-refractivity contribution in [3.63, 3.8) is 0 Å². The van der Waals surface area contributed by atoms with Crippen molar-refractivity contribution in [1.29, 1.82) is 0 Å². The number of benzene rings is 3. The predicted octanol–water partition coefficient (Wildman–Crippen LogP) is 4.46. The summed E-state index contributed by atoms with van der Waals surface area (Å²) in [5.41, 5.74) is 3.47. The van der Waals surface area contributed by atoms with Gasteiger partial charge in [0.1, 0.15) is 11.4 Å². The summed E-state index contributed by atoms with van der Waals surface area (Å²) < 4.78 is 6.98. The Balaban J connectivity index is 1.52. The standard InChI is InChI=1S/C23H21N5O2S/c1-16(31-23-25-26-27-28(23)20-14-8-9-15-21(20)30-2)22(29)24-19-13-7-6-12-18(19)17-10-4-3-5-11-17/h3-16H,1-2H3,(H,24,29)/t16-/m0/s1. The molecule has 1 atom stereocenters. The van der Waals surface area contributed by atoms with E-state index in [0.717, 1.165) is 16.8 Å². The number of tetrazole rings is 1. The molecule has 7 nitrogen and oxygen atoms in total. The van der Waals surface area contributed by atoms with Gasteiger partial charge in [-0.05, 0) is 41.1 Å². The lowest BCUT2D eigenvalue weighted by Gasteiger charge is -2.15. The minimum atomic E-state index is -0.428. The molecule has 0 unspecified atom stereocenters. The monoisotopic (exact) mass is 431 g/mol. The second kappa shape index (κ2) is 9.44. The van der Waals surface area contributed by atoms with Crippen molar-refractivity contribution >= 4 is 23.4 Å². The minimum absolute atomic E-state index is 0.136. The molecule has 4 aromatic rings. The maximum absolute atomic E-state index is 13.0. The lowest BCUT2D eigenvalue weighted by atomic mass is 10.0. The molecule has 156 valence electrons. The van der Waals surface area contributed by atoms with E-state index in [0.29, 0.717) is 16.6 Å². The van der Waals surface area contributed by atoms with E-state index >= 15 is 0 Å². The van der Waals surface area contributed by atoms with Gasteiger partial charge in [0, 0.05) is 11.3 Å². The summed E-state index contributed by atoms with van der Waals surface area (Å²) >= 11 is 1.28. The van der Waals surface area contributed by atoms with Crippen LogP contribution in [0.25, 0.3) is 16.8 Å². The van der Waals surface area contributed by atoms with Crippen LogP contribution < -0.4 is 10.1 Å². The summed E-state index contributed by atoms with van der Waals surface area (Å²) in [5.74, 6) is 0.508. The normalized spacial score (nSPS) is 11.7. The highest BCUT2D eigenvalue weighted by Gasteiger charge is 2.21. The highest BCUT2D eigenvalue weighted by atomic mass is 32.2. The quantitative estimate of drug-likeness (QED) is 0.435. The van der Waals surface area contributed by atoms with Crippen LogP contribution in [-0.2, 0) is 4.79 Å². The number of rotatable bonds is 7. The Morgan fingerprint density at radius 1 is 1.00 bits per heavy atom. The summed E-state index contributed by atoms with van der Waals surface area (Å²) in [6.07, 6.45) is 0. The smallest absolute Gasteiger partial charge is 0.237 e. The van der Waals surface area contributed by atoms with E-state index in [9.17, 15) is 4.79 Å². The molecule has 0 saturated carbocycles. The van der Waals surface area contributed by atoms with E-state index < -0.39 is 5.25 Å². The number of carbonyl (C=O) groups is 1. The molecular weight excluding hydrogens is 410 g/mol. The van der Waals surface area contributed by atoms with Crippen molar-refractivity contribution in [3.8, 4) is 22.6 Å². The number of nitrogens with zero attached hydrogens (tertiary/aromatic N) is 4. The van der Waals surface area contributed by atoms with Gasteiger partial charge in [-0.2, -0.15) is 4.68 Å². The number of hydrogen-bond acceptors (Lipinski definition) is 6. The SMILES string of the molecule is COc1ccccc1-n1nnnc1S[C@@H](C)C(=O)Nc1ccccc1-c1ccccc1. The molecule has 1 N–H and O–H groups in total. The van der Waals surface area contributed by atoms with Gasteiger partial charge in [0.05, 0.1) is 12.4 Å². The molecule has 3 aromatic carbocycles. The van der Waals surface area contributed by atoms with Crippen LogP contribution in [-0.4, -0.2) is 38.5 Å². The van der Waals surface area contributed by atoms with Crippen LogP contribution in [0.15, 0.2) is 84.0 Å². The fraction of sp³-hybridized carbons (Fsp3) is 0.130. The molecule has 1 amide bonds. The first-order chi connectivity index (χ1) is 15.2. The molecule has 0 bridgehead atoms. The number of ether oxygens (including phenoxy) is 1. The Bertz CT molecular complexity index is 1180. The highest BCUT2D eigenvalue weighted by molar-refractivity contribution is 8.00. The van der Waals surface area contributed by atoms with Crippen molar-refractivity contribution in [1.82, 2.24) is 20.2 Å². The number of amides is 1. The first-order valence-corrected chi connectivity index (χ1v) is 10.6. The molecule has 1 aromatic heterocycles. The topological polar surface area (TPSA) is 81.9 Å². The largest absolute Gasteiger partial charge is 0.494 e. The number of thioether (sulfide) groups is 1. The van der Waals surface area contributed by atoms with Gasteiger partial charge >= 0.3 is 0 Å². The minimum Gasteiger partial charge on any atom is -0.494 e. The van der Waals surface area contributed by atoms with Gasteiger partial charge in [0.25, 0.3) is 0 Å². The molecule has 0 saturated heterocycles. The van der Waals surface area contributed by atoms with Gasteiger partial charge in [0.15, 0.2) is 0 Å². The fourth-order valence-corrected chi connectivity index (χ4v) is 3.92. The van der Waals surface area contributed by atoms with Crippen LogP contribution in [0.1, 0.15) is 6.92 Å². The van der Waals surface area contributed by atoms with Gasteiger partial charge in [-0.15, -0.1) is 5.10 Å². The van der Waals surface area contributed by atoms with Crippen LogP contribution in [0.2, 0.25) is 0 Å². The molecule has 0 fully saturated rings. The molecule has 31 heavy (non-hydrogen) atoms. The average Bonchev–Trinajstić information content (AvgIpc) is 3.27. The van der Waals surface area contributed by atoms with E-state index in [1.54, 1.807) is 11.8 Å². The molecular formula is C23H21N5O2S. The number of hydrogen-bond donors (Lipinski definition) is 1. The number of carbonyl (C=O) groups excluding carboxylic acids is 1. The first-order valence-electron chi connectivity index (χ1n) is 9.71. The number of aromatic nitrogens is 4. The summed E-state index contributed by atoms with van der Waals surface area (Å²) in [7, 11) is 1.59. The average molecular weight is 432 g/mol. The van der Waals surface area contributed by atoms with E-state index in [-0.39, 0.29) is 5.91 Å². The number of nitrogens with one attached hydrogen (secondary N) is 1. The Hall–Kier alpha value is -3.65. The lowest BCUT2D eigenvalue weighted by Crippen LogP contribution is -2.23. The predicted molar refractivity (Wildman–Crippen MR) is 122 cm³/mol. The Labute approximate surface area is 184 Å². The maximum Gasteiger partial charge on any atom is 0.237 e. The molecule has 0 spiro atoms. The third kappa shape index (κ3) is 4.59. The highest BCUT2D eigenvalue weighted by Crippen LogP contribution is 2.30. The van der Waals surface area contributed by atoms with E-state index in [1.807, 2.05) is 85.8 Å². The first kappa shape index (κ1) is 20.6. The van der Waals surface area contributed by atoms with Crippen LogP contribution in [0.3, 0.4) is 0 Å². The van der Waals surface area contributed by atoms with Crippen molar-refractivity contribution < 1.29 is 9.53 Å². The molecule has 0 aliphatic carbocycles. The third-order valence-electron chi connectivity index (χ3n) is 4.68. The number of methoxy groups -OCH3 is 1. The van der Waals surface area contributed by atoms with Gasteiger partial charge in [0.2, 0.25) is 11.1 Å². The summed E-state index contributed by atoms with van der Waals surface area (Å²) in [6.45, 7) is 1.83. The van der Waals surface area contributed by atoms with E-state index in [1.165, 1.54) is 11.8 Å². The summed E-state index contributed by atoms with van der Waals surface area (Å²) in [5, 5.41) is 15.1. The zero-order chi connectivity index (χ0) is 21.6. The molecule has 1 heterocycles. The molecule has 0 radical (unpaired) electrons. The zero-order valence-corrected chi connectivity index (χ0v) is 17.9. The van der Waals surface area contributed by atoms with Crippen LogP contribution in [0.4, 0.5) is 5.69 Å². The van der Waals surface area contributed by atoms with Crippen LogP contribution in [0, 0.1) is 0 Å². The van der Waals surface area contributed by atoms with Gasteiger partial charge in [-0.3, -0.25) is 4.79 Å². The number of para-hydroxylation sites is 3. The Morgan fingerprint density at radius 3 is 2.52 bits per heavy atom. The molecule has 0 aliphatic heterocycles. The molecule has 0 aliphatic rings. The maximum atomic E-state index is 13.0. The second-order valence-electron chi connectivity index (χ2n) is 6.71. The third-order valence-corrected chi connectivity index (χ3v) is 5.71. The second-order valence-corrected chi connectivity index (χ2v) is 8.01. The van der Waals surface area contributed by atoms with E-state index in [2.05, 4.69) is 20.8 Å². The van der Waals surface area contributed by atoms with E-state index in [4.69, 9.17) is 4.74 Å². The molecule has 4 rings (SSSR count). The summed E-state index contributed by atoms with van der Waals surface area (Å²) in [4.78, 5) is 13.0. The van der Waals surface area contributed by atoms with Crippen molar-refractivity contribution in [2.75, 3.05) is 12.4 Å². The fourth-order valence-electron chi connectivity index (χ4n) is 3.12. The van der Waals surface area contributed by atoms with Gasteiger partial charge < -0.3 is 10.1 Å². The Kier molecular flexibility index (Phi) is 6.28. The van der Waals surface area contributed by atoms with Crippen molar-refractivity contribution in [3.05, 3.63) is 78.9 Å². The van der Waals surface area contributed by atoms with Crippen molar-refractivity contribution in [2.45, 2.75) is 17.3 Å². The van der Waals surface area contributed by atoms with Crippen LogP contribution >= 0.6 is 11.8 Å². The summed E-state index contributed by atoms with van der Waals surface area (Å²) in [6, 6.07) is 25.2. The van der Waals surface area contributed by atoms with Crippen LogP contribution in [0.5, 0.6) is 5.75 Å². The zero-order valence-electron chi connectivity index (χ0n) is 17.1. The Morgan fingerprint density at radius 2 is 1.71 bits per heavy atom.